The van der Waals surface area contributed by atoms with Crippen LogP contribution in [0, 0.1) is 5.41 Å². The van der Waals surface area contributed by atoms with Crippen LogP contribution >= 0.6 is 0 Å². The summed E-state index contributed by atoms with van der Waals surface area (Å²) in [7, 11) is 0. The third-order valence-electron chi connectivity index (χ3n) is 3.56. The first-order valence-corrected chi connectivity index (χ1v) is 5.91. The monoisotopic (exact) mass is 220 g/mol. The highest BCUT2D eigenvalue weighted by molar-refractivity contribution is 5.59. The SMILES string of the molecule is CC1(C)CCCCC1Nc1ncncc1N. The smallest absolute Gasteiger partial charge is 0.152 e. The zero-order valence-corrected chi connectivity index (χ0v) is 10.0. The van der Waals surface area contributed by atoms with Gasteiger partial charge in [0.2, 0.25) is 0 Å². The van der Waals surface area contributed by atoms with Crippen LogP contribution < -0.4 is 11.1 Å². The molecule has 0 saturated heterocycles. The highest BCUT2D eigenvalue weighted by Gasteiger charge is 2.32. The van der Waals surface area contributed by atoms with Gasteiger partial charge in [0.05, 0.1) is 11.9 Å². The summed E-state index contributed by atoms with van der Waals surface area (Å²) in [4.78, 5) is 8.09. The topological polar surface area (TPSA) is 63.8 Å². The van der Waals surface area contributed by atoms with Gasteiger partial charge in [0.1, 0.15) is 6.33 Å². The van der Waals surface area contributed by atoms with Crippen molar-refractivity contribution in [3.8, 4) is 0 Å². The maximum Gasteiger partial charge on any atom is 0.152 e. The minimum absolute atomic E-state index is 0.315. The second kappa shape index (κ2) is 4.28. The first-order chi connectivity index (χ1) is 7.59. The Labute approximate surface area is 96.7 Å². The van der Waals surface area contributed by atoms with Crippen molar-refractivity contribution in [2.24, 2.45) is 5.41 Å². The van der Waals surface area contributed by atoms with Gasteiger partial charge in [-0.3, -0.25) is 0 Å². The highest BCUT2D eigenvalue weighted by atomic mass is 15.1. The molecule has 2 rings (SSSR count). The van der Waals surface area contributed by atoms with Crippen molar-refractivity contribution in [2.75, 3.05) is 11.1 Å². The fourth-order valence-electron chi connectivity index (χ4n) is 2.39. The molecule has 4 heteroatoms. The van der Waals surface area contributed by atoms with Crippen molar-refractivity contribution in [1.29, 1.82) is 0 Å². The maximum atomic E-state index is 5.84. The molecule has 0 spiro atoms. The van der Waals surface area contributed by atoms with Gasteiger partial charge in [-0.25, -0.2) is 9.97 Å². The van der Waals surface area contributed by atoms with Crippen LogP contribution in [0.1, 0.15) is 39.5 Å². The molecule has 1 fully saturated rings. The van der Waals surface area contributed by atoms with Crippen LogP contribution in [0.15, 0.2) is 12.5 Å². The second-order valence-corrected chi connectivity index (χ2v) is 5.26. The summed E-state index contributed by atoms with van der Waals surface area (Å²) in [6.07, 6.45) is 8.24. The van der Waals surface area contributed by atoms with E-state index in [4.69, 9.17) is 5.73 Å². The third-order valence-corrected chi connectivity index (χ3v) is 3.56. The second-order valence-electron chi connectivity index (χ2n) is 5.26. The fraction of sp³-hybridized carbons (Fsp3) is 0.667. The number of nitrogens with one attached hydrogen (secondary N) is 1. The molecule has 3 N–H and O–H groups in total. The quantitative estimate of drug-likeness (QED) is 0.803. The Bertz CT molecular complexity index is 362. The molecule has 1 unspecified atom stereocenters. The van der Waals surface area contributed by atoms with E-state index in [0.717, 1.165) is 5.82 Å². The molecular formula is C12H20N4. The molecule has 0 aromatic carbocycles. The number of hydrogen-bond donors (Lipinski definition) is 2. The zero-order chi connectivity index (χ0) is 11.6. The summed E-state index contributed by atoms with van der Waals surface area (Å²) in [5.74, 6) is 0.773. The van der Waals surface area contributed by atoms with E-state index in [1.54, 1.807) is 6.20 Å². The van der Waals surface area contributed by atoms with Gasteiger partial charge < -0.3 is 11.1 Å². The van der Waals surface area contributed by atoms with E-state index in [1.807, 2.05) is 0 Å². The molecule has 0 bridgehead atoms. The molecule has 1 atom stereocenters. The van der Waals surface area contributed by atoms with Crippen LogP contribution in [-0.4, -0.2) is 16.0 Å². The zero-order valence-electron chi connectivity index (χ0n) is 10.0. The van der Waals surface area contributed by atoms with Crippen molar-refractivity contribution >= 4 is 11.5 Å². The Kier molecular flexibility index (Phi) is 2.99. The Morgan fingerprint density at radius 1 is 1.44 bits per heavy atom. The van der Waals surface area contributed by atoms with Crippen molar-refractivity contribution in [2.45, 2.75) is 45.6 Å². The van der Waals surface area contributed by atoms with Gasteiger partial charge in [-0.1, -0.05) is 26.7 Å². The normalized spacial score (nSPS) is 24.0. The first kappa shape index (κ1) is 11.2. The third kappa shape index (κ3) is 2.26. The molecule has 1 aliphatic carbocycles. The molecular weight excluding hydrogens is 200 g/mol. The summed E-state index contributed by atoms with van der Waals surface area (Å²) in [5, 5.41) is 3.46. The first-order valence-electron chi connectivity index (χ1n) is 5.91. The molecule has 0 radical (unpaired) electrons. The Morgan fingerprint density at radius 2 is 2.25 bits per heavy atom. The summed E-state index contributed by atoms with van der Waals surface area (Å²) in [6, 6.07) is 0.457. The predicted octanol–water partition coefficient (Wildman–Crippen LogP) is 2.44. The van der Waals surface area contributed by atoms with Gasteiger partial charge in [0.15, 0.2) is 5.82 Å². The molecule has 0 aliphatic heterocycles. The number of nitrogen functional groups attached to an aromatic ring is 1. The Morgan fingerprint density at radius 3 is 2.94 bits per heavy atom. The minimum atomic E-state index is 0.315. The van der Waals surface area contributed by atoms with Gasteiger partial charge in [-0.15, -0.1) is 0 Å². The summed E-state index contributed by atoms with van der Waals surface area (Å²) in [6.45, 7) is 4.61. The summed E-state index contributed by atoms with van der Waals surface area (Å²) >= 11 is 0. The Hall–Kier alpha value is -1.32. The predicted molar refractivity (Wildman–Crippen MR) is 66.1 cm³/mol. The van der Waals surface area contributed by atoms with Crippen molar-refractivity contribution in [3.63, 3.8) is 0 Å². The van der Waals surface area contributed by atoms with Crippen LogP contribution in [-0.2, 0) is 0 Å². The molecule has 88 valence electrons. The van der Waals surface area contributed by atoms with Gasteiger partial charge in [-0.05, 0) is 18.3 Å². The van der Waals surface area contributed by atoms with E-state index in [-0.39, 0.29) is 0 Å². The van der Waals surface area contributed by atoms with Crippen LogP contribution in [0.3, 0.4) is 0 Å². The molecule has 16 heavy (non-hydrogen) atoms. The summed E-state index contributed by atoms with van der Waals surface area (Å²) < 4.78 is 0. The number of rotatable bonds is 2. The van der Waals surface area contributed by atoms with Crippen molar-refractivity contribution in [3.05, 3.63) is 12.5 Å². The van der Waals surface area contributed by atoms with Gasteiger partial charge in [0.25, 0.3) is 0 Å². The van der Waals surface area contributed by atoms with Crippen LogP contribution in [0.4, 0.5) is 11.5 Å². The van der Waals surface area contributed by atoms with Gasteiger partial charge >= 0.3 is 0 Å². The maximum absolute atomic E-state index is 5.84. The van der Waals surface area contributed by atoms with Crippen LogP contribution in [0.2, 0.25) is 0 Å². The molecule has 1 aromatic heterocycles. The average molecular weight is 220 g/mol. The van der Waals surface area contributed by atoms with E-state index in [2.05, 4.69) is 29.1 Å². The highest BCUT2D eigenvalue weighted by Crippen LogP contribution is 2.37. The molecule has 4 nitrogen and oxygen atoms in total. The molecule has 1 aliphatic rings. The lowest BCUT2D eigenvalue weighted by atomic mass is 9.73. The van der Waals surface area contributed by atoms with Crippen molar-refractivity contribution < 1.29 is 0 Å². The molecule has 1 heterocycles. The summed E-state index contributed by atoms with van der Waals surface area (Å²) in [5.41, 5.74) is 6.78. The number of aromatic nitrogens is 2. The Balaban J connectivity index is 2.12. The van der Waals surface area contributed by atoms with Crippen molar-refractivity contribution in [1.82, 2.24) is 9.97 Å². The van der Waals surface area contributed by atoms with Crippen LogP contribution in [0.5, 0.6) is 0 Å². The average Bonchev–Trinajstić information content (AvgIpc) is 2.24. The van der Waals surface area contributed by atoms with E-state index >= 15 is 0 Å². The molecule has 1 saturated carbocycles. The largest absolute Gasteiger partial charge is 0.394 e. The number of nitrogens with two attached hydrogens (primary N) is 1. The fourth-order valence-corrected chi connectivity index (χ4v) is 2.39. The lowest BCUT2D eigenvalue weighted by Gasteiger charge is -2.39. The lowest BCUT2D eigenvalue weighted by Crippen LogP contribution is -2.39. The van der Waals surface area contributed by atoms with E-state index < -0.39 is 0 Å². The number of nitrogens with zero attached hydrogens (tertiary/aromatic N) is 2. The molecule has 0 amide bonds. The van der Waals surface area contributed by atoms with Gasteiger partial charge in [0, 0.05) is 6.04 Å². The molecule has 1 aromatic rings. The number of anilines is 2. The van der Waals surface area contributed by atoms with Crippen LogP contribution in [0.25, 0.3) is 0 Å². The van der Waals surface area contributed by atoms with Gasteiger partial charge in [-0.2, -0.15) is 0 Å². The number of hydrogen-bond acceptors (Lipinski definition) is 4. The standard InChI is InChI=1S/C12H20N4/c1-12(2)6-4-3-5-10(12)16-11-9(13)7-14-8-15-11/h7-8,10H,3-6,13H2,1-2H3,(H,14,15,16). The van der Waals surface area contributed by atoms with E-state index in [1.165, 1.54) is 32.0 Å². The van der Waals surface area contributed by atoms with E-state index in [9.17, 15) is 0 Å². The lowest BCUT2D eigenvalue weighted by molar-refractivity contribution is 0.216. The minimum Gasteiger partial charge on any atom is -0.394 e. The van der Waals surface area contributed by atoms with E-state index in [0.29, 0.717) is 17.1 Å².